The van der Waals surface area contributed by atoms with Gasteiger partial charge in [-0.1, -0.05) is 18.2 Å². The number of rotatable bonds is 10. The summed E-state index contributed by atoms with van der Waals surface area (Å²) in [6.07, 6.45) is 4.06. The van der Waals surface area contributed by atoms with Gasteiger partial charge in [-0.15, -0.1) is 0 Å². The number of para-hydroxylation sites is 2. The van der Waals surface area contributed by atoms with Gasteiger partial charge in [0.25, 0.3) is 0 Å². The highest BCUT2D eigenvalue weighted by molar-refractivity contribution is 7.80. The van der Waals surface area contributed by atoms with Crippen molar-refractivity contribution in [2.45, 2.75) is 25.4 Å². The zero-order valence-corrected chi connectivity index (χ0v) is 22.7. The van der Waals surface area contributed by atoms with Crippen molar-refractivity contribution >= 4 is 28.9 Å². The summed E-state index contributed by atoms with van der Waals surface area (Å²) in [5.41, 5.74) is 3.56. The molecule has 4 aromatic rings. The van der Waals surface area contributed by atoms with Gasteiger partial charge in [-0.2, -0.15) is 0 Å². The molecule has 1 aliphatic rings. The van der Waals surface area contributed by atoms with Crippen LogP contribution in [-0.4, -0.2) is 45.7 Å². The predicted molar refractivity (Wildman–Crippen MR) is 155 cm³/mol. The Labute approximate surface area is 233 Å². The molecule has 2 aromatic heterocycles. The molecule has 1 fully saturated rings. The number of methoxy groups -OCH3 is 1. The van der Waals surface area contributed by atoms with Gasteiger partial charge in [0.2, 0.25) is 5.91 Å². The second-order valence-corrected chi connectivity index (χ2v) is 9.44. The maximum absolute atomic E-state index is 13.0. The molecule has 0 aliphatic carbocycles. The van der Waals surface area contributed by atoms with E-state index < -0.39 is 0 Å². The SMILES string of the molecule is CCOc1ccc(-n2cccc2[C@H]2[C@H](c3ccccn3)NC(=S)N2CCC(=O)Nc2ccccc2OC)cc1. The van der Waals surface area contributed by atoms with Crippen LogP contribution < -0.4 is 20.1 Å². The van der Waals surface area contributed by atoms with Crippen LogP contribution in [0.5, 0.6) is 11.5 Å². The second kappa shape index (κ2) is 12.0. The fourth-order valence-electron chi connectivity index (χ4n) is 4.89. The van der Waals surface area contributed by atoms with Crippen LogP contribution in [0.3, 0.4) is 0 Å². The van der Waals surface area contributed by atoms with Crippen LogP contribution in [0, 0.1) is 0 Å². The van der Waals surface area contributed by atoms with Gasteiger partial charge in [0.1, 0.15) is 11.5 Å². The number of thiocarbonyl (C=S) groups is 1. The molecule has 39 heavy (non-hydrogen) atoms. The fourth-order valence-corrected chi connectivity index (χ4v) is 5.22. The Balaban J connectivity index is 1.42. The summed E-state index contributed by atoms with van der Waals surface area (Å²) in [6, 6.07) is 25.0. The van der Waals surface area contributed by atoms with Crippen molar-refractivity contribution < 1.29 is 14.3 Å². The first-order valence-corrected chi connectivity index (χ1v) is 13.3. The molecule has 1 saturated heterocycles. The first-order chi connectivity index (χ1) is 19.1. The summed E-state index contributed by atoms with van der Waals surface area (Å²) in [5, 5.41) is 7.01. The molecule has 1 aliphatic heterocycles. The van der Waals surface area contributed by atoms with E-state index in [0.29, 0.717) is 29.7 Å². The van der Waals surface area contributed by atoms with Crippen LogP contribution in [0.2, 0.25) is 0 Å². The Kier molecular flexibility index (Phi) is 8.07. The van der Waals surface area contributed by atoms with Gasteiger partial charge < -0.3 is 29.6 Å². The molecule has 3 heterocycles. The van der Waals surface area contributed by atoms with Gasteiger partial charge in [0, 0.05) is 36.7 Å². The highest BCUT2D eigenvalue weighted by atomic mass is 32.1. The van der Waals surface area contributed by atoms with Crippen molar-refractivity contribution in [3.63, 3.8) is 0 Å². The van der Waals surface area contributed by atoms with Crippen LogP contribution in [0.15, 0.2) is 91.3 Å². The lowest BCUT2D eigenvalue weighted by atomic mass is 10.0. The Morgan fingerprint density at radius 1 is 1.05 bits per heavy atom. The number of carbonyl (C=O) groups is 1. The van der Waals surface area contributed by atoms with Crippen molar-refractivity contribution in [1.29, 1.82) is 0 Å². The lowest BCUT2D eigenvalue weighted by Gasteiger charge is -2.29. The highest BCUT2D eigenvalue weighted by Crippen LogP contribution is 2.39. The highest BCUT2D eigenvalue weighted by Gasteiger charge is 2.41. The van der Waals surface area contributed by atoms with E-state index in [0.717, 1.165) is 22.8 Å². The van der Waals surface area contributed by atoms with Crippen LogP contribution in [0.1, 0.15) is 36.8 Å². The average molecular weight is 542 g/mol. The summed E-state index contributed by atoms with van der Waals surface area (Å²) >= 11 is 5.81. The van der Waals surface area contributed by atoms with Gasteiger partial charge in [0.15, 0.2) is 5.11 Å². The second-order valence-electron chi connectivity index (χ2n) is 9.05. The maximum atomic E-state index is 13.0. The predicted octanol–water partition coefficient (Wildman–Crippen LogP) is 5.28. The lowest BCUT2D eigenvalue weighted by Crippen LogP contribution is -2.33. The normalized spacial score (nSPS) is 16.6. The molecule has 0 spiro atoms. The number of pyridine rings is 1. The first kappa shape index (κ1) is 26.2. The van der Waals surface area contributed by atoms with Gasteiger partial charge in [0.05, 0.1) is 37.2 Å². The molecule has 0 bridgehead atoms. The fraction of sp³-hybridized carbons (Fsp3) is 0.233. The van der Waals surface area contributed by atoms with Crippen LogP contribution in [-0.2, 0) is 4.79 Å². The van der Waals surface area contributed by atoms with E-state index in [4.69, 9.17) is 21.7 Å². The quantitative estimate of drug-likeness (QED) is 0.264. The first-order valence-electron chi connectivity index (χ1n) is 12.9. The number of aromatic nitrogens is 2. The minimum absolute atomic E-state index is 0.121. The molecule has 2 atom stereocenters. The maximum Gasteiger partial charge on any atom is 0.226 e. The summed E-state index contributed by atoms with van der Waals surface area (Å²) in [6.45, 7) is 3.01. The molecule has 0 unspecified atom stereocenters. The number of ether oxygens (including phenoxy) is 2. The average Bonchev–Trinajstić information content (AvgIpc) is 3.57. The lowest BCUT2D eigenvalue weighted by molar-refractivity contribution is -0.116. The smallest absolute Gasteiger partial charge is 0.226 e. The van der Waals surface area contributed by atoms with E-state index in [1.165, 1.54) is 0 Å². The zero-order valence-electron chi connectivity index (χ0n) is 21.9. The molecule has 0 saturated carbocycles. The van der Waals surface area contributed by atoms with E-state index in [1.807, 2.05) is 85.9 Å². The minimum atomic E-state index is -0.188. The van der Waals surface area contributed by atoms with Crippen LogP contribution >= 0.6 is 12.2 Å². The standard InChI is InChI=1S/C30H31N5O3S/c1-3-38-22-15-13-21(14-16-22)34-19-8-11-25(34)29-28(24-10-6-7-18-31-24)33-30(39)35(29)20-17-27(36)32-23-9-4-5-12-26(23)37-2/h4-16,18-19,28-29H,3,17,20H2,1-2H3,(H,32,36)(H,33,39)/t28-,29-/m0/s1. The Morgan fingerprint density at radius 2 is 1.85 bits per heavy atom. The molecule has 2 aromatic carbocycles. The number of hydrogen-bond acceptors (Lipinski definition) is 5. The van der Waals surface area contributed by atoms with E-state index >= 15 is 0 Å². The summed E-state index contributed by atoms with van der Waals surface area (Å²) in [7, 11) is 1.58. The van der Waals surface area contributed by atoms with Crippen molar-refractivity contribution in [2.24, 2.45) is 0 Å². The van der Waals surface area contributed by atoms with E-state index in [1.54, 1.807) is 13.3 Å². The topological polar surface area (TPSA) is 80.7 Å². The number of anilines is 1. The molecule has 0 radical (unpaired) electrons. The van der Waals surface area contributed by atoms with Gasteiger partial charge >= 0.3 is 0 Å². The molecule has 8 nitrogen and oxygen atoms in total. The molecule has 5 rings (SSSR count). The number of hydrogen-bond donors (Lipinski definition) is 2. The molecule has 9 heteroatoms. The molecular formula is C30H31N5O3S. The van der Waals surface area contributed by atoms with Crippen LogP contribution in [0.4, 0.5) is 5.69 Å². The van der Waals surface area contributed by atoms with Crippen LogP contribution in [0.25, 0.3) is 5.69 Å². The van der Waals surface area contributed by atoms with Crippen molar-refractivity contribution in [3.05, 3.63) is 103 Å². The number of nitrogens with zero attached hydrogens (tertiary/aromatic N) is 3. The third-order valence-corrected chi connectivity index (χ3v) is 7.02. The number of benzene rings is 2. The van der Waals surface area contributed by atoms with E-state index in [9.17, 15) is 4.79 Å². The molecule has 1 amide bonds. The van der Waals surface area contributed by atoms with E-state index in [-0.39, 0.29) is 24.4 Å². The number of nitrogens with one attached hydrogen (secondary N) is 2. The van der Waals surface area contributed by atoms with E-state index in [2.05, 4.69) is 31.2 Å². The van der Waals surface area contributed by atoms with Crippen molar-refractivity contribution in [3.8, 4) is 17.2 Å². The Morgan fingerprint density at radius 3 is 2.59 bits per heavy atom. The molecule has 2 N–H and O–H groups in total. The number of carbonyl (C=O) groups excluding carboxylic acids is 1. The molecular weight excluding hydrogens is 510 g/mol. The minimum Gasteiger partial charge on any atom is -0.495 e. The van der Waals surface area contributed by atoms with Gasteiger partial charge in [-0.3, -0.25) is 9.78 Å². The Bertz CT molecular complexity index is 1420. The van der Waals surface area contributed by atoms with Gasteiger partial charge in [-0.25, -0.2) is 0 Å². The number of amides is 1. The van der Waals surface area contributed by atoms with Gasteiger partial charge in [-0.05, 0) is 79.8 Å². The summed E-state index contributed by atoms with van der Waals surface area (Å²) < 4.78 is 13.1. The largest absolute Gasteiger partial charge is 0.495 e. The summed E-state index contributed by atoms with van der Waals surface area (Å²) in [4.78, 5) is 19.7. The zero-order chi connectivity index (χ0) is 27.2. The molecule has 200 valence electrons. The third-order valence-electron chi connectivity index (χ3n) is 6.67. The Hall–Kier alpha value is -4.37. The monoisotopic (exact) mass is 541 g/mol. The van der Waals surface area contributed by atoms with Crippen molar-refractivity contribution in [2.75, 3.05) is 25.6 Å². The summed E-state index contributed by atoms with van der Waals surface area (Å²) in [5.74, 6) is 1.32. The van der Waals surface area contributed by atoms with Crippen molar-refractivity contribution in [1.82, 2.24) is 19.8 Å². The third kappa shape index (κ3) is 5.73.